The van der Waals surface area contributed by atoms with E-state index in [1.54, 1.807) is 7.11 Å². The first kappa shape index (κ1) is 14.0. The van der Waals surface area contributed by atoms with Crippen molar-refractivity contribution in [2.45, 2.75) is 13.0 Å². The lowest BCUT2D eigenvalue weighted by Gasteiger charge is -2.08. The Bertz CT molecular complexity index is 304. The van der Waals surface area contributed by atoms with E-state index in [1.807, 2.05) is 18.2 Å². The number of nitrogens with one attached hydrogen (secondary N) is 1. The average Bonchev–Trinajstić information content (AvgIpc) is 2.36. The van der Waals surface area contributed by atoms with E-state index >= 15 is 0 Å². The fourth-order valence-corrected chi connectivity index (χ4v) is 1.42. The molecule has 0 saturated heterocycles. The Morgan fingerprint density at radius 2 is 2.18 bits per heavy atom. The number of hydrogen-bond acceptors (Lipinski definition) is 4. The Kier molecular flexibility index (Phi) is 7.38. The molecule has 0 radical (unpaired) electrons. The molecular formula is C13H21NO3. The third-order valence-electron chi connectivity index (χ3n) is 2.30. The highest BCUT2D eigenvalue weighted by molar-refractivity contribution is 5.28. The van der Waals surface area contributed by atoms with E-state index in [0.717, 1.165) is 25.3 Å². The van der Waals surface area contributed by atoms with Gasteiger partial charge in [-0.1, -0.05) is 12.1 Å². The zero-order valence-electron chi connectivity index (χ0n) is 10.3. The molecule has 1 aromatic carbocycles. The number of ether oxygens (including phenoxy) is 2. The van der Waals surface area contributed by atoms with Gasteiger partial charge in [0.25, 0.3) is 0 Å². The molecular weight excluding hydrogens is 218 g/mol. The smallest absolute Gasteiger partial charge is 0.119 e. The number of aliphatic hydroxyl groups excluding tert-OH is 1. The molecule has 0 atom stereocenters. The predicted octanol–water partition coefficient (Wildman–Crippen LogP) is 1.18. The van der Waals surface area contributed by atoms with Gasteiger partial charge in [0.1, 0.15) is 12.4 Å². The summed E-state index contributed by atoms with van der Waals surface area (Å²) in [5, 5.41) is 11.9. The number of benzene rings is 1. The summed E-state index contributed by atoms with van der Waals surface area (Å²) in [6, 6.07) is 7.98. The molecule has 4 heteroatoms. The van der Waals surface area contributed by atoms with Gasteiger partial charge in [0.05, 0.1) is 6.61 Å². The predicted molar refractivity (Wildman–Crippen MR) is 67.2 cm³/mol. The molecule has 2 N–H and O–H groups in total. The molecule has 0 amide bonds. The fraction of sp³-hybridized carbons (Fsp3) is 0.538. The van der Waals surface area contributed by atoms with Gasteiger partial charge >= 0.3 is 0 Å². The lowest BCUT2D eigenvalue weighted by molar-refractivity contribution is 0.146. The monoisotopic (exact) mass is 239 g/mol. The zero-order chi connectivity index (χ0) is 12.3. The average molecular weight is 239 g/mol. The maximum Gasteiger partial charge on any atom is 0.119 e. The quantitative estimate of drug-likeness (QED) is 0.635. The first-order valence-corrected chi connectivity index (χ1v) is 5.89. The van der Waals surface area contributed by atoms with Crippen LogP contribution in [-0.4, -0.2) is 38.6 Å². The Balaban J connectivity index is 2.31. The van der Waals surface area contributed by atoms with Gasteiger partial charge in [0, 0.05) is 20.3 Å². The second-order valence-electron chi connectivity index (χ2n) is 3.74. The summed E-state index contributed by atoms with van der Waals surface area (Å²) >= 11 is 0. The first-order chi connectivity index (χ1) is 8.36. The van der Waals surface area contributed by atoms with E-state index in [4.69, 9.17) is 14.6 Å². The second kappa shape index (κ2) is 8.98. The lowest BCUT2D eigenvalue weighted by atomic mass is 10.2. The van der Waals surface area contributed by atoms with Crippen molar-refractivity contribution in [3.8, 4) is 5.75 Å². The molecule has 0 aliphatic rings. The standard InChI is InChI=1S/C13H21NO3/c1-16-8-9-17-13-5-2-4-12(10-13)11-14-6-3-7-15/h2,4-5,10,14-15H,3,6-9,11H2,1H3. The molecule has 96 valence electrons. The maximum atomic E-state index is 8.66. The van der Waals surface area contributed by atoms with Crippen molar-refractivity contribution < 1.29 is 14.6 Å². The van der Waals surface area contributed by atoms with Crippen molar-refractivity contribution in [2.24, 2.45) is 0 Å². The Morgan fingerprint density at radius 1 is 1.29 bits per heavy atom. The van der Waals surface area contributed by atoms with E-state index in [2.05, 4.69) is 11.4 Å². The van der Waals surface area contributed by atoms with Crippen molar-refractivity contribution in [2.75, 3.05) is 33.5 Å². The van der Waals surface area contributed by atoms with E-state index in [1.165, 1.54) is 5.56 Å². The Hall–Kier alpha value is -1.10. The third-order valence-corrected chi connectivity index (χ3v) is 2.30. The van der Waals surface area contributed by atoms with Crippen molar-refractivity contribution in [1.29, 1.82) is 0 Å². The van der Waals surface area contributed by atoms with Gasteiger partial charge < -0.3 is 19.9 Å². The number of methoxy groups -OCH3 is 1. The van der Waals surface area contributed by atoms with Crippen LogP contribution in [0.3, 0.4) is 0 Å². The summed E-state index contributed by atoms with van der Waals surface area (Å²) in [4.78, 5) is 0. The molecule has 0 bridgehead atoms. The SMILES string of the molecule is COCCOc1cccc(CNCCCO)c1. The van der Waals surface area contributed by atoms with Gasteiger partial charge in [-0.25, -0.2) is 0 Å². The van der Waals surface area contributed by atoms with Gasteiger partial charge in [0.2, 0.25) is 0 Å². The van der Waals surface area contributed by atoms with Crippen LogP contribution in [0.2, 0.25) is 0 Å². The normalized spacial score (nSPS) is 10.5. The van der Waals surface area contributed by atoms with E-state index < -0.39 is 0 Å². The topological polar surface area (TPSA) is 50.7 Å². The lowest BCUT2D eigenvalue weighted by Crippen LogP contribution is -2.15. The molecule has 0 aromatic heterocycles. The first-order valence-electron chi connectivity index (χ1n) is 5.89. The van der Waals surface area contributed by atoms with Crippen molar-refractivity contribution >= 4 is 0 Å². The summed E-state index contributed by atoms with van der Waals surface area (Å²) in [7, 11) is 1.66. The molecule has 0 spiro atoms. The summed E-state index contributed by atoms with van der Waals surface area (Å²) in [5.41, 5.74) is 1.18. The molecule has 17 heavy (non-hydrogen) atoms. The van der Waals surface area contributed by atoms with Gasteiger partial charge in [-0.3, -0.25) is 0 Å². The van der Waals surface area contributed by atoms with Crippen LogP contribution in [0.4, 0.5) is 0 Å². The third kappa shape index (κ3) is 6.26. The maximum absolute atomic E-state index is 8.66. The molecule has 1 aromatic rings. The highest BCUT2D eigenvalue weighted by atomic mass is 16.5. The van der Waals surface area contributed by atoms with Crippen molar-refractivity contribution in [3.63, 3.8) is 0 Å². The van der Waals surface area contributed by atoms with Crippen LogP contribution < -0.4 is 10.1 Å². The second-order valence-corrected chi connectivity index (χ2v) is 3.74. The minimum absolute atomic E-state index is 0.229. The molecule has 1 rings (SSSR count). The summed E-state index contributed by atoms with van der Waals surface area (Å²) in [6.07, 6.45) is 0.782. The molecule has 0 unspecified atom stereocenters. The number of aliphatic hydroxyl groups is 1. The highest BCUT2D eigenvalue weighted by Crippen LogP contribution is 2.12. The largest absolute Gasteiger partial charge is 0.491 e. The van der Waals surface area contributed by atoms with Crippen LogP contribution in [-0.2, 0) is 11.3 Å². The summed E-state index contributed by atoms with van der Waals surface area (Å²) in [6.45, 7) is 3.01. The van der Waals surface area contributed by atoms with Crippen LogP contribution in [0.15, 0.2) is 24.3 Å². The van der Waals surface area contributed by atoms with Gasteiger partial charge in [-0.05, 0) is 30.7 Å². The summed E-state index contributed by atoms with van der Waals surface area (Å²) < 4.78 is 10.4. The Morgan fingerprint density at radius 3 is 2.94 bits per heavy atom. The van der Waals surface area contributed by atoms with Crippen molar-refractivity contribution in [3.05, 3.63) is 29.8 Å². The zero-order valence-corrected chi connectivity index (χ0v) is 10.3. The molecule has 0 heterocycles. The fourth-order valence-electron chi connectivity index (χ4n) is 1.42. The van der Waals surface area contributed by atoms with Crippen LogP contribution in [0.5, 0.6) is 5.75 Å². The van der Waals surface area contributed by atoms with Crippen LogP contribution in [0.1, 0.15) is 12.0 Å². The minimum Gasteiger partial charge on any atom is -0.491 e. The van der Waals surface area contributed by atoms with Crippen LogP contribution in [0.25, 0.3) is 0 Å². The number of rotatable bonds is 9. The van der Waals surface area contributed by atoms with Crippen LogP contribution >= 0.6 is 0 Å². The van der Waals surface area contributed by atoms with E-state index in [0.29, 0.717) is 13.2 Å². The minimum atomic E-state index is 0.229. The molecule has 0 saturated carbocycles. The summed E-state index contributed by atoms with van der Waals surface area (Å²) in [5.74, 6) is 0.864. The van der Waals surface area contributed by atoms with Gasteiger partial charge in [-0.2, -0.15) is 0 Å². The van der Waals surface area contributed by atoms with Crippen molar-refractivity contribution in [1.82, 2.24) is 5.32 Å². The molecule has 0 aliphatic heterocycles. The Labute approximate surface area is 103 Å². The van der Waals surface area contributed by atoms with E-state index in [-0.39, 0.29) is 6.61 Å². The van der Waals surface area contributed by atoms with Gasteiger partial charge in [-0.15, -0.1) is 0 Å². The molecule has 0 aliphatic carbocycles. The molecule has 0 fully saturated rings. The van der Waals surface area contributed by atoms with Gasteiger partial charge in [0.15, 0.2) is 0 Å². The van der Waals surface area contributed by atoms with Crippen LogP contribution in [0, 0.1) is 0 Å². The number of hydrogen-bond donors (Lipinski definition) is 2. The molecule has 4 nitrogen and oxygen atoms in total. The highest BCUT2D eigenvalue weighted by Gasteiger charge is 1.97. The van der Waals surface area contributed by atoms with E-state index in [9.17, 15) is 0 Å².